The highest BCUT2D eigenvalue weighted by Gasteiger charge is 2.34. The largest absolute Gasteiger partial charge is 0.397 e. The molecule has 0 spiro atoms. The monoisotopic (exact) mass is 300 g/mol. The van der Waals surface area contributed by atoms with Crippen LogP contribution in [0.5, 0.6) is 0 Å². The molecule has 5 nitrogen and oxygen atoms in total. The molecule has 110 valence electrons. The van der Waals surface area contributed by atoms with Crippen LogP contribution in [0, 0.1) is 19.8 Å². The third kappa shape index (κ3) is 3.09. The molecule has 1 unspecified atom stereocenters. The van der Waals surface area contributed by atoms with E-state index >= 15 is 0 Å². The maximum Gasteiger partial charge on any atom is 0.302 e. The molecule has 2 rings (SSSR count). The summed E-state index contributed by atoms with van der Waals surface area (Å²) in [5.74, 6) is -1.38. The van der Waals surface area contributed by atoms with Gasteiger partial charge in [-0.3, -0.25) is 4.79 Å². The molecule has 1 saturated heterocycles. The first-order chi connectivity index (χ1) is 9.17. The van der Waals surface area contributed by atoms with Crippen molar-refractivity contribution in [3.63, 3.8) is 0 Å². The van der Waals surface area contributed by atoms with Crippen LogP contribution in [0.3, 0.4) is 0 Å². The Bertz CT molecular complexity index is 658. The molecule has 1 fully saturated rings. The zero-order valence-corrected chi connectivity index (χ0v) is 12.2. The van der Waals surface area contributed by atoms with Gasteiger partial charge in [-0.2, -0.15) is 8.42 Å². The van der Waals surface area contributed by atoms with Crippen LogP contribution in [0.1, 0.15) is 17.5 Å². The number of carbonyl (C=O) groups is 1. The average molecular weight is 300 g/mol. The summed E-state index contributed by atoms with van der Waals surface area (Å²) in [6.07, 6.45) is 0.0234. The molecule has 1 heterocycles. The van der Waals surface area contributed by atoms with Gasteiger partial charge in [0.05, 0.1) is 17.1 Å². The molecule has 2 N–H and O–H groups in total. The van der Waals surface area contributed by atoms with E-state index in [1.807, 2.05) is 19.9 Å². The highest BCUT2D eigenvalue weighted by atomic mass is 32.3. The van der Waals surface area contributed by atoms with E-state index in [0.717, 1.165) is 11.1 Å². The predicted octanol–water partition coefficient (Wildman–Crippen LogP) is 1.54. The van der Waals surface area contributed by atoms with Gasteiger partial charge in [-0.1, -0.05) is 6.07 Å². The van der Waals surface area contributed by atoms with Crippen LogP contribution >= 0.6 is 0 Å². The molecule has 1 aromatic carbocycles. The smallest absolute Gasteiger partial charge is 0.302 e. The zero-order chi connectivity index (χ0) is 15.1. The minimum Gasteiger partial charge on any atom is -0.397 e. The van der Waals surface area contributed by atoms with Crippen LogP contribution < -0.4 is 10.6 Å². The van der Waals surface area contributed by atoms with Gasteiger partial charge in [-0.25, -0.2) is 0 Å². The van der Waals surface area contributed by atoms with Crippen molar-refractivity contribution >= 4 is 27.5 Å². The molecule has 0 saturated carbocycles. The Balaban J connectivity index is 2.29. The Kier molecular flexibility index (Phi) is 3.73. The van der Waals surface area contributed by atoms with Crippen LogP contribution in [0.2, 0.25) is 0 Å². The lowest BCUT2D eigenvalue weighted by molar-refractivity contribution is -0.117. The summed E-state index contributed by atoms with van der Waals surface area (Å²) < 4.78 is 34.1. The summed E-state index contributed by atoms with van der Waals surface area (Å²) in [6.45, 7) is 3.91. The molecule has 1 aliphatic heterocycles. The van der Waals surface area contributed by atoms with Gasteiger partial charge in [0.2, 0.25) is 5.91 Å². The lowest BCUT2D eigenvalue weighted by Crippen LogP contribution is -2.26. The number of nitrogens with zero attached hydrogens (tertiary/aromatic N) is 1. The first kappa shape index (κ1) is 14.8. The summed E-state index contributed by atoms with van der Waals surface area (Å²) in [4.78, 5) is 13.4. The predicted molar refractivity (Wildman–Crippen MR) is 75.7 cm³/mol. The van der Waals surface area contributed by atoms with E-state index in [2.05, 4.69) is 0 Å². The Hall–Kier alpha value is -1.63. The van der Waals surface area contributed by atoms with E-state index in [-0.39, 0.29) is 18.9 Å². The first-order valence-corrected chi connectivity index (χ1v) is 7.82. The van der Waals surface area contributed by atoms with Gasteiger partial charge in [0.25, 0.3) is 0 Å². The van der Waals surface area contributed by atoms with E-state index in [4.69, 9.17) is 5.73 Å². The molecule has 0 radical (unpaired) electrons. The number of benzene rings is 1. The summed E-state index contributed by atoms with van der Waals surface area (Å²) in [6, 6.07) is 3.69. The van der Waals surface area contributed by atoms with E-state index < -0.39 is 21.9 Å². The molecule has 20 heavy (non-hydrogen) atoms. The third-order valence-electron chi connectivity index (χ3n) is 3.44. The van der Waals surface area contributed by atoms with E-state index in [9.17, 15) is 17.1 Å². The first-order valence-electron chi connectivity index (χ1n) is 6.27. The van der Waals surface area contributed by atoms with Crippen molar-refractivity contribution in [1.82, 2.24) is 0 Å². The van der Waals surface area contributed by atoms with Crippen molar-refractivity contribution in [1.29, 1.82) is 0 Å². The van der Waals surface area contributed by atoms with Gasteiger partial charge >= 0.3 is 10.2 Å². The number of nitrogen functional groups attached to an aromatic ring is 1. The van der Waals surface area contributed by atoms with Crippen molar-refractivity contribution in [2.24, 2.45) is 5.92 Å². The zero-order valence-electron chi connectivity index (χ0n) is 11.4. The van der Waals surface area contributed by atoms with Gasteiger partial charge < -0.3 is 10.6 Å². The fourth-order valence-corrected chi connectivity index (χ4v) is 3.37. The van der Waals surface area contributed by atoms with Crippen LogP contribution in [0.4, 0.5) is 15.3 Å². The Morgan fingerprint density at radius 2 is 2.05 bits per heavy atom. The van der Waals surface area contributed by atoms with Crippen molar-refractivity contribution in [3.05, 3.63) is 23.3 Å². The SMILES string of the molecule is Cc1cc(C)c(N)c(N2CC(CS(=O)(=O)F)CC2=O)c1. The number of hydrogen-bond donors (Lipinski definition) is 1. The van der Waals surface area contributed by atoms with Crippen molar-refractivity contribution in [3.8, 4) is 0 Å². The summed E-state index contributed by atoms with van der Waals surface area (Å²) in [5, 5.41) is 0. The molecular formula is C13H17FN2O3S. The number of rotatable bonds is 3. The topological polar surface area (TPSA) is 80.5 Å². The fourth-order valence-electron chi connectivity index (χ4n) is 2.59. The van der Waals surface area contributed by atoms with Crippen LogP contribution in [-0.4, -0.2) is 26.6 Å². The van der Waals surface area contributed by atoms with Gasteiger partial charge in [-0.05, 0) is 31.0 Å². The van der Waals surface area contributed by atoms with Gasteiger partial charge in [0.15, 0.2) is 0 Å². The third-order valence-corrected chi connectivity index (χ3v) is 4.31. The Morgan fingerprint density at radius 1 is 1.40 bits per heavy atom. The minimum absolute atomic E-state index is 0.0234. The molecule has 1 atom stereocenters. The summed E-state index contributed by atoms with van der Waals surface area (Å²) >= 11 is 0. The number of aryl methyl sites for hydroxylation is 2. The molecular weight excluding hydrogens is 283 g/mol. The normalized spacial score (nSPS) is 19.6. The quantitative estimate of drug-likeness (QED) is 0.678. The van der Waals surface area contributed by atoms with Crippen molar-refractivity contribution < 1.29 is 17.1 Å². The van der Waals surface area contributed by atoms with Gasteiger partial charge in [0.1, 0.15) is 0 Å². The standard InChI is InChI=1S/C13H17FN2O3S/c1-8-3-9(2)13(15)11(4-8)16-6-10(5-12(16)17)7-20(14,18)19/h3-4,10H,5-7,15H2,1-2H3. The Morgan fingerprint density at radius 3 is 2.65 bits per heavy atom. The molecule has 1 aromatic rings. The minimum atomic E-state index is -4.57. The van der Waals surface area contributed by atoms with Crippen LogP contribution in [0.15, 0.2) is 12.1 Å². The highest BCUT2D eigenvalue weighted by molar-refractivity contribution is 7.86. The van der Waals surface area contributed by atoms with Crippen molar-refractivity contribution in [2.75, 3.05) is 22.9 Å². The lowest BCUT2D eigenvalue weighted by Gasteiger charge is -2.20. The maximum absolute atomic E-state index is 12.7. The molecule has 1 amide bonds. The lowest BCUT2D eigenvalue weighted by atomic mass is 10.1. The second-order valence-electron chi connectivity index (χ2n) is 5.29. The number of nitrogens with two attached hydrogens (primary N) is 1. The number of hydrogen-bond acceptors (Lipinski definition) is 4. The van der Waals surface area contributed by atoms with Crippen LogP contribution in [0.25, 0.3) is 0 Å². The van der Waals surface area contributed by atoms with Crippen LogP contribution in [-0.2, 0) is 15.0 Å². The number of halogens is 1. The average Bonchev–Trinajstić information content (AvgIpc) is 2.62. The Labute approximate surface area is 117 Å². The van der Waals surface area contributed by atoms with E-state index in [1.165, 1.54) is 4.90 Å². The van der Waals surface area contributed by atoms with Crippen molar-refractivity contribution in [2.45, 2.75) is 20.3 Å². The molecule has 1 aliphatic rings. The molecule has 7 heteroatoms. The maximum atomic E-state index is 12.7. The molecule has 0 aromatic heterocycles. The van der Waals surface area contributed by atoms with E-state index in [0.29, 0.717) is 11.4 Å². The summed E-state index contributed by atoms with van der Waals surface area (Å²) in [7, 11) is -4.57. The number of amides is 1. The number of carbonyl (C=O) groups excluding carboxylic acids is 1. The summed E-state index contributed by atoms with van der Waals surface area (Å²) in [5.41, 5.74) is 8.86. The fraction of sp³-hybridized carbons (Fsp3) is 0.462. The second kappa shape index (κ2) is 5.05. The number of anilines is 2. The van der Waals surface area contributed by atoms with E-state index in [1.54, 1.807) is 6.07 Å². The van der Waals surface area contributed by atoms with Gasteiger partial charge in [0, 0.05) is 18.9 Å². The highest BCUT2D eigenvalue weighted by Crippen LogP contribution is 2.33. The second-order valence-corrected chi connectivity index (χ2v) is 6.71. The molecule has 0 aliphatic carbocycles. The van der Waals surface area contributed by atoms with Gasteiger partial charge in [-0.15, -0.1) is 3.89 Å². The molecule has 0 bridgehead atoms.